The zero-order valence-electron chi connectivity index (χ0n) is 39.4. The summed E-state index contributed by atoms with van der Waals surface area (Å²) in [5, 5.41) is 3.19. The first kappa shape index (κ1) is 50.6. The van der Waals surface area contributed by atoms with E-state index < -0.39 is 0 Å². The predicted octanol–water partition coefficient (Wildman–Crippen LogP) is -15.0. The second-order valence-corrected chi connectivity index (χ2v) is 19.6. The van der Waals surface area contributed by atoms with Crippen molar-refractivity contribution >= 4 is 403 Å². The Balaban J connectivity index is 1.20. The van der Waals surface area contributed by atoms with Crippen LogP contribution >= 0.6 is 11.3 Å². The van der Waals surface area contributed by atoms with Gasteiger partial charge in [-0.1, -0.05) is 71.0 Å². The smallest absolute Gasteiger partial charge is 0.155 e. The highest BCUT2D eigenvalue weighted by Crippen LogP contribution is 2.40. The molecule has 5 heterocycles. The minimum Gasteiger partial charge on any atom is -0.312 e. The fraction of sp³-hybridized carbons (Fsp3) is 0. The highest BCUT2D eigenvalue weighted by atomic mass is 32.1. The van der Waals surface area contributed by atoms with Crippen molar-refractivity contribution in [3.05, 3.63) is 30.5 Å². The molecule has 12 rings (SSSR count). The van der Waals surface area contributed by atoms with Gasteiger partial charge in [-0.05, 0) is 51.2 Å². The van der Waals surface area contributed by atoms with Crippen molar-refractivity contribution in [3.8, 4) is 17.2 Å². The number of hydrogen-bond donors (Lipinski definition) is 0. The molecular weight excluding hydrogens is 901 g/mol. The van der Waals surface area contributed by atoms with E-state index in [1.807, 2.05) is 24.3 Å². The number of thiophene rings is 1. The van der Waals surface area contributed by atoms with Crippen molar-refractivity contribution in [2.24, 2.45) is 0 Å². The second-order valence-electron chi connectivity index (χ2n) is 18.5. The maximum atomic E-state index is 7.44. The third kappa shape index (κ3) is 6.24. The van der Waals surface area contributed by atoms with Crippen LogP contribution in [0.2, 0.25) is 0 Å². The lowest BCUT2D eigenvalue weighted by Crippen LogP contribution is -2.49. The first-order valence-electron chi connectivity index (χ1n) is 22.4. The number of hydrogen-bond acceptors (Lipinski definition) is 2. The van der Waals surface area contributed by atoms with Crippen LogP contribution in [0.15, 0.2) is 30.5 Å². The van der Waals surface area contributed by atoms with Gasteiger partial charge in [-0.15, -0.1) is 66.0 Å². The molecule has 0 saturated carbocycles. The maximum absolute atomic E-state index is 7.44. The average molecular weight is 906 g/mol. The molecule has 0 aliphatic rings. The highest BCUT2D eigenvalue weighted by Gasteiger charge is 2.30. The van der Waals surface area contributed by atoms with Gasteiger partial charge in [0.15, 0.2) is 5.82 Å². The largest absolute Gasteiger partial charge is 0.312 e. The number of pyridine rings is 1. The molecular formula is C47H5B23N4S. The first-order chi connectivity index (χ1) is 35.4. The Labute approximate surface area is 466 Å². The van der Waals surface area contributed by atoms with E-state index in [-0.39, 0.29) is 175 Å². The standard InChI is InChI=1S/C47H5B23N4S/c48-16-10-11-17(49)23(55)29(61)34(66)42(11)73(41(10)33(65)28(60)22(16)54)45-21(53)15-14-20(52)26(58)27(59)32(64)39(14)72(40(15)37(69)38(45)70)6-1-2-9-8(5-6)7-3-4-71-47(46(7)75-9)74-43-12(18(50)24(56)30(62)35(43)67)13-19(51)25(57)31(63)36(68)44(13)74/h1-5H. The third-order valence-electron chi connectivity index (χ3n) is 14.9. The lowest BCUT2D eigenvalue weighted by molar-refractivity contribution is 1.11. The fourth-order valence-electron chi connectivity index (χ4n) is 11.0. The summed E-state index contributed by atoms with van der Waals surface area (Å²) in [6.07, 6.45) is 1.62. The zero-order chi connectivity index (χ0) is 53.9. The molecule has 288 valence electrons. The Bertz CT molecular complexity index is 4610. The van der Waals surface area contributed by atoms with Crippen molar-refractivity contribution < 1.29 is 0 Å². The molecule has 0 aliphatic carbocycles. The molecule has 0 N–H and O–H groups in total. The molecule has 0 spiro atoms. The van der Waals surface area contributed by atoms with Gasteiger partial charge in [-0.2, -0.15) is 0 Å². The van der Waals surface area contributed by atoms with Crippen LogP contribution in [0.1, 0.15) is 0 Å². The molecule has 0 saturated heterocycles. The van der Waals surface area contributed by atoms with Crippen molar-refractivity contribution in [2.45, 2.75) is 0 Å². The van der Waals surface area contributed by atoms with Crippen LogP contribution in [0.5, 0.6) is 0 Å². The Morgan fingerprint density at radius 2 is 0.613 bits per heavy atom. The molecule has 12 aromatic rings. The average Bonchev–Trinajstić information content (AvgIpc) is 4.16. The summed E-state index contributed by atoms with van der Waals surface area (Å²) in [6, 6.07) is 7.51. The summed E-state index contributed by atoms with van der Waals surface area (Å²) in [7, 11) is 155. The normalized spacial score (nSPS) is 12.2. The van der Waals surface area contributed by atoms with E-state index in [2.05, 4.69) is 0 Å². The van der Waals surface area contributed by atoms with Crippen molar-refractivity contribution in [3.63, 3.8) is 0 Å². The molecule has 0 atom stereocenters. The minimum absolute atomic E-state index is 0.00187. The van der Waals surface area contributed by atoms with Gasteiger partial charge < -0.3 is 9.13 Å². The summed E-state index contributed by atoms with van der Waals surface area (Å²) < 4.78 is 6.47. The van der Waals surface area contributed by atoms with Crippen LogP contribution in [0.25, 0.3) is 103 Å². The summed E-state index contributed by atoms with van der Waals surface area (Å²) in [4.78, 5) is 4.89. The van der Waals surface area contributed by atoms with Crippen LogP contribution in [0.3, 0.4) is 0 Å². The van der Waals surface area contributed by atoms with E-state index in [4.69, 9.17) is 185 Å². The van der Waals surface area contributed by atoms with Crippen LogP contribution in [-0.2, 0) is 0 Å². The molecule has 0 aliphatic heterocycles. The molecule has 7 aromatic carbocycles. The third-order valence-corrected chi connectivity index (χ3v) is 16.0. The summed E-state index contributed by atoms with van der Waals surface area (Å²) in [5.41, 5.74) is 2.47. The quantitative estimate of drug-likeness (QED) is 0.162. The van der Waals surface area contributed by atoms with Crippen molar-refractivity contribution in [1.82, 2.24) is 18.7 Å². The van der Waals surface area contributed by atoms with E-state index in [0.717, 1.165) is 15.5 Å². The summed E-state index contributed by atoms with van der Waals surface area (Å²) in [5.74, 6) is 0.374. The van der Waals surface area contributed by atoms with Crippen LogP contribution in [-0.4, -0.2) is 199 Å². The Morgan fingerprint density at radius 1 is 0.293 bits per heavy atom. The van der Waals surface area contributed by atoms with Gasteiger partial charge in [0.1, 0.15) is 180 Å². The van der Waals surface area contributed by atoms with E-state index in [1.54, 1.807) is 15.3 Å². The predicted molar refractivity (Wildman–Crippen MR) is 344 cm³/mol. The van der Waals surface area contributed by atoms with Gasteiger partial charge in [-0.3, -0.25) is 4.57 Å². The summed E-state index contributed by atoms with van der Waals surface area (Å²) in [6.45, 7) is 0. The van der Waals surface area contributed by atoms with Gasteiger partial charge in [0.25, 0.3) is 0 Å². The lowest BCUT2D eigenvalue weighted by atomic mass is 9.63. The first-order valence-corrected chi connectivity index (χ1v) is 23.2. The number of fused-ring (bicyclic) bond motifs is 12. The van der Waals surface area contributed by atoms with Crippen LogP contribution in [0, 0.1) is 0 Å². The molecule has 0 fully saturated rings. The number of aromatic nitrogens is 4. The Morgan fingerprint density at radius 3 is 1.00 bits per heavy atom. The van der Waals surface area contributed by atoms with Gasteiger partial charge in [0.2, 0.25) is 0 Å². The Hall–Kier alpha value is -5.20. The van der Waals surface area contributed by atoms with Crippen LogP contribution < -0.4 is 126 Å². The van der Waals surface area contributed by atoms with Gasteiger partial charge in [-0.25, -0.2) is 4.98 Å². The highest BCUT2D eigenvalue weighted by molar-refractivity contribution is 7.26. The lowest BCUT2D eigenvalue weighted by Gasteiger charge is -2.24. The number of nitrogens with zero attached hydrogens (tertiary/aromatic N) is 4. The molecule has 4 nitrogen and oxygen atoms in total. The SMILES string of the molecule is [B]c1c([B])c([B])c2c(c1[B])c1c([B])c(-n3c4c([B])c([B])c([B])c([B])c4c4c([B])c([B])c([B])c([B])c43)c([B])c([B])c1n2-c1ccc2sc3c(-n4c5c([B])c([B])c([B])c([B])c5c5c([B])c([B])c([B])c([B])c54)nccc3c2c1. The van der Waals surface area contributed by atoms with Crippen molar-refractivity contribution in [1.29, 1.82) is 0 Å². The Kier molecular flexibility index (Phi) is 11.4. The van der Waals surface area contributed by atoms with E-state index in [1.165, 1.54) is 15.9 Å². The maximum Gasteiger partial charge on any atom is 0.155 e. The van der Waals surface area contributed by atoms with Gasteiger partial charge in [0, 0.05) is 71.5 Å². The fourth-order valence-corrected chi connectivity index (χ4v) is 12.2. The molecule has 0 unspecified atom stereocenters. The molecule has 5 aromatic heterocycles. The molecule has 46 radical (unpaired) electrons. The van der Waals surface area contributed by atoms with Crippen LogP contribution in [0.4, 0.5) is 0 Å². The molecule has 75 heavy (non-hydrogen) atoms. The zero-order valence-corrected chi connectivity index (χ0v) is 40.2. The van der Waals surface area contributed by atoms with Gasteiger partial charge >= 0.3 is 0 Å². The molecule has 0 amide bonds. The summed E-state index contributed by atoms with van der Waals surface area (Å²) >= 11 is 1.41. The van der Waals surface area contributed by atoms with E-state index >= 15 is 0 Å². The molecule has 0 bridgehead atoms. The second kappa shape index (κ2) is 16.9. The number of rotatable bonds is 3. The van der Waals surface area contributed by atoms with Gasteiger partial charge in [0.05, 0.1) is 4.70 Å². The number of benzene rings is 7. The topological polar surface area (TPSA) is 27.7 Å². The molecule has 28 heteroatoms. The van der Waals surface area contributed by atoms with E-state index in [9.17, 15) is 0 Å². The van der Waals surface area contributed by atoms with Crippen molar-refractivity contribution in [2.75, 3.05) is 0 Å². The van der Waals surface area contributed by atoms with E-state index in [0.29, 0.717) is 38.0 Å². The monoisotopic (exact) mass is 910 g/mol. The minimum atomic E-state index is -0.0729.